The van der Waals surface area contributed by atoms with Crippen LogP contribution in [0, 0.1) is 5.82 Å². The van der Waals surface area contributed by atoms with Crippen LogP contribution in [0.2, 0.25) is 0 Å². The van der Waals surface area contributed by atoms with E-state index in [-0.39, 0.29) is 11.7 Å². The summed E-state index contributed by atoms with van der Waals surface area (Å²) in [6, 6.07) is 6.27. The number of amides is 1. The molecule has 25 heavy (non-hydrogen) atoms. The lowest BCUT2D eigenvalue weighted by atomic mass is 9.95. The number of hydrogen-bond acceptors (Lipinski definition) is 4. The lowest BCUT2D eigenvalue weighted by Crippen LogP contribution is -2.29. The van der Waals surface area contributed by atoms with Crippen molar-refractivity contribution in [3.63, 3.8) is 0 Å². The molecule has 1 aliphatic carbocycles. The number of thiazole rings is 1. The van der Waals surface area contributed by atoms with Gasteiger partial charge in [-0.15, -0.1) is 11.3 Å². The van der Waals surface area contributed by atoms with E-state index >= 15 is 0 Å². The molecular weight excluding hydrogens is 337 g/mol. The molecule has 1 saturated heterocycles. The Morgan fingerprint density at radius 2 is 1.92 bits per heavy atom. The molecule has 4 rings (SSSR count). The van der Waals surface area contributed by atoms with Gasteiger partial charge in [0.2, 0.25) is 5.91 Å². The van der Waals surface area contributed by atoms with Crippen molar-refractivity contribution in [1.29, 1.82) is 0 Å². The van der Waals surface area contributed by atoms with E-state index in [1.165, 1.54) is 42.7 Å². The van der Waals surface area contributed by atoms with Crippen molar-refractivity contribution < 1.29 is 9.18 Å². The number of nitrogens with one attached hydrogen (secondary N) is 1. The van der Waals surface area contributed by atoms with Crippen molar-refractivity contribution in [2.75, 3.05) is 18.4 Å². The molecule has 1 aliphatic heterocycles. The van der Waals surface area contributed by atoms with Crippen molar-refractivity contribution >= 4 is 22.4 Å². The third-order valence-electron chi connectivity index (χ3n) is 5.19. The van der Waals surface area contributed by atoms with Gasteiger partial charge >= 0.3 is 0 Å². The fourth-order valence-electron chi connectivity index (χ4n) is 3.54. The van der Waals surface area contributed by atoms with Crippen LogP contribution in [0.4, 0.5) is 9.52 Å². The zero-order valence-corrected chi connectivity index (χ0v) is 14.9. The summed E-state index contributed by atoms with van der Waals surface area (Å²) < 4.78 is 13.1. The summed E-state index contributed by atoms with van der Waals surface area (Å²) >= 11 is 1.48. The van der Waals surface area contributed by atoms with Crippen molar-refractivity contribution in [3.05, 3.63) is 46.7 Å². The predicted molar refractivity (Wildman–Crippen MR) is 97.2 cm³/mol. The second-order valence-electron chi connectivity index (χ2n) is 7.02. The fraction of sp³-hybridized carbons (Fsp3) is 0.474. The molecule has 2 fully saturated rings. The summed E-state index contributed by atoms with van der Waals surface area (Å²) in [5.41, 5.74) is 1.40. The van der Waals surface area contributed by atoms with Gasteiger partial charge in [-0.25, -0.2) is 9.37 Å². The number of rotatable bonds is 5. The van der Waals surface area contributed by atoms with E-state index in [0.29, 0.717) is 5.13 Å². The van der Waals surface area contributed by atoms with Crippen LogP contribution >= 0.6 is 11.3 Å². The van der Waals surface area contributed by atoms with Crippen LogP contribution in [-0.2, 0) is 16.8 Å². The monoisotopic (exact) mass is 359 g/mol. The molecule has 1 amide bonds. The maximum absolute atomic E-state index is 13.1. The molecule has 2 aromatic rings. The number of hydrogen-bond donors (Lipinski definition) is 1. The summed E-state index contributed by atoms with van der Waals surface area (Å²) in [5.74, 6) is -0.305. The summed E-state index contributed by atoms with van der Waals surface area (Å²) in [6.45, 7) is 3.12. The van der Waals surface area contributed by atoms with Crippen LogP contribution in [0.15, 0.2) is 29.6 Å². The average molecular weight is 359 g/mol. The Hall–Kier alpha value is -1.79. The van der Waals surface area contributed by atoms with Gasteiger partial charge in [-0.3, -0.25) is 9.69 Å². The van der Waals surface area contributed by atoms with Gasteiger partial charge in [0.1, 0.15) is 5.82 Å². The standard InChI is InChI=1S/C19H22FN3OS/c20-15-6-4-14(5-7-15)19(8-9-19)17(24)22-18-21-16(13-25-18)12-23-10-2-1-3-11-23/h4-7,13H,1-3,8-12H2,(H,21,22,24). The first-order valence-corrected chi connectivity index (χ1v) is 9.78. The number of aromatic nitrogens is 1. The van der Waals surface area contributed by atoms with Crippen molar-refractivity contribution in [3.8, 4) is 0 Å². The van der Waals surface area contributed by atoms with Gasteiger partial charge in [-0.05, 0) is 56.5 Å². The lowest BCUT2D eigenvalue weighted by Gasteiger charge is -2.25. The lowest BCUT2D eigenvalue weighted by molar-refractivity contribution is -0.118. The van der Waals surface area contributed by atoms with Crippen LogP contribution in [0.3, 0.4) is 0 Å². The summed E-state index contributed by atoms with van der Waals surface area (Å²) in [7, 11) is 0. The van der Waals surface area contributed by atoms with Crippen LogP contribution in [0.25, 0.3) is 0 Å². The molecule has 0 bridgehead atoms. The molecule has 4 nitrogen and oxygen atoms in total. The van der Waals surface area contributed by atoms with E-state index < -0.39 is 5.41 Å². The van der Waals surface area contributed by atoms with Crippen molar-refractivity contribution in [2.45, 2.75) is 44.1 Å². The van der Waals surface area contributed by atoms with Crippen LogP contribution in [0.1, 0.15) is 43.4 Å². The third-order valence-corrected chi connectivity index (χ3v) is 5.99. The highest BCUT2D eigenvalue weighted by Crippen LogP contribution is 2.49. The Bertz CT molecular complexity index is 748. The number of carbonyl (C=O) groups excluding carboxylic acids is 1. The smallest absolute Gasteiger partial charge is 0.236 e. The second kappa shape index (κ2) is 6.84. The number of piperidine rings is 1. The number of benzene rings is 1. The van der Waals surface area contributed by atoms with Gasteiger partial charge in [-0.2, -0.15) is 0 Å². The third kappa shape index (κ3) is 3.60. The minimum absolute atomic E-state index is 0.0296. The summed E-state index contributed by atoms with van der Waals surface area (Å²) in [5, 5.41) is 5.66. The quantitative estimate of drug-likeness (QED) is 0.879. The maximum atomic E-state index is 13.1. The van der Waals surface area contributed by atoms with Gasteiger partial charge in [0, 0.05) is 11.9 Å². The molecule has 0 radical (unpaired) electrons. The molecule has 2 heterocycles. The second-order valence-corrected chi connectivity index (χ2v) is 7.88. The van der Waals surface area contributed by atoms with Crippen LogP contribution in [-0.4, -0.2) is 28.9 Å². The van der Waals surface area contributed by atoms with Crippen LogP contribution in [0.5, 0.6) is 0 Å². The number of carbonyl (C=O) groups is 1. The molecule has 0 atom stereocenters. The Kier molecular flexibility index (Phi) is 4.56. The molecule has 6 heteroatoms. The molecule has 1 aromatic heterocycles. The first kappa shape index (κ1) is 16.7. The van der Waals surface area contributed by atoms with Gasteiger partial charge in [0.15, 0.2) is 5.13 Å². The molecule has 1 aromatic carbocycles. The average Bonchev–Trinajstić information content (AvgIpc) is 3.33. The minimum atomic E-state index is -0.508. The molecular formula is C19H22FN3OS. The summed E-state index contributed by atoms with van der Waals surface area (Å²) in [6.07, 6.45) is 5.44. The van der Waals surface area contributed by atoms with Gasteiger partial charge in [-0.1, -0.05) is 18.6 Å². The number of likely N-dealkylation sites (tertiary alicyclic amines) is 1. The van der Waals surface area contributed by atoms with E-state index in [0.717, 1.165) is 43.7 Å². The van der Waals surface area contributed by atoms with Gasteiger partial charge in [0.05, 0.1) is 11.1 Å². The van der Waals surface area contributed by atoms with Gasteiger partial charge in [0.25, 0.3) is 0 Å². The molecule has 1 N–H and O–H groups in total. The minimum Gasteiger partial charge on any atom is -0.301 e. The van der Waals surface area contributed by atoms with Crippen LogP contribution < -0.4 is 5.32 Å². The summed E-state index contributed by atoms with van der Waals surface area (Å²) in [4.78, 5) is 19.7. The molecule has 0 spiro atoms. The Labute approximate surface area is 151 Å². The SMILES string of the molecule is O=C(Nc1nc(CN2CCCCC2)cs1)C1(c2ccc(F)cc2)CC1. The molecule has 132 valence electrons. The van der Waals surface area contributed by atoms with Crippen molar-refractivity contribution in [1.82, 2.24) is 9.88 Å². The highest BCUT2D eigenvalue weighted by atomic mass is 32.1. The number of halogens is 1. The van der Waals surface area contributed by atoms with E-state index in [1.807, 2.05) is 5.38 Å². The molecule has 2 aliphatic rings. The number of nitrogens with zero attached hydrogens (tertiary/aromatic N) is 2. The normalized spacial score (nSPS) is 19.6. The zero-order chi connectivity index (χ0) is 17.3. The van der Waals surface area contributed by atoms with E-state index in [2.05, 4.69) is 15.2 Å². The van der Waals surface area contributed by atoms with E-state index in [1.54, 1.807) is 12.1 Å². The largest absolute Gasteiger partial charge is 0.301 e. The van der Waals surface area contributed by atoms with E-state index in [9.17, 15) is 9.18 Å². The predicted octanol–water partition coefficient (Wildman–Crippen LogP) is 3.94. The molecule has 1 saturated carbocycles. The maximum Gasteiger partial charge on any atom is 0.236 e. The highest BCUT2D eigenvalue weighted by molar-refractivity contribution is 7.13. The Morgan fingerprint density at radius 3 is 2.60 bits per heavy atom. The van der Waals surface area contributed by atoms with Crippen molar-refractivity contribution in [2.24, 2.45) is 0 Å². The number of anilines is 1. The first-order chi connectivity index (χ1) is 12.2. The van der Waals surface area contributed by atoms with Gasteiger partial charge < -0.3 is 5.32 Å². The highest BCUT2D eigenvalue weighted by Gasteiger charge is 2.51. The first-order valence-electron chi connectivity index (χ1n) is 8.90. The Balaban J connectivity index is 1.40. The Morgan fingerprint density at radius 1 is 1.20 bits per heavy atom. The topological polar surface area (TPSA) is 45.2 Å². The van der Waals surface area contributed by atoms with E-state index in [4.69, 9.17) is 0 Å². The fourth-order valence-corrected chi connectivity index (χ4v) is 4.24. The molecule has 0 unspecified atom stereocenters. The zero-order valence-electron chi connectivity index (χ0n) is 14.1.